The summed E-state index contributed by atoms with van der Waals surface area (Å²) in [5, 5.41) is 18.0. The SMILES string of the molecule is CC(C)CNC(=O)CNCc1c(O)ccc2ccccc12. The molecule has 2 aromatic carbocycles. The summed E-state index contributed by atoms with van der Waals surface area (Å²) in [6, 6.07) is 11.5. The molecule has 0 aliphatic rings. The van der Waals surface area contributed by atoms with Crippen molar-refractivity contribution < 1.29 is 9.90 Å². The predicted molar refractivity (Wildman–Crippen MR) is 85.2 cm³/mol. The summed E-state index contributed by atoms with van der Waals surface area (Å²) in [7, 11) is 0. The first-order chi connectivity index (χ1) is 10.1. The number of phenolic OH excluding ortho intramolecular Hbond substituents is 1. The van der Waals surface area contributed by atoms with Gasteiger partial charge in [0.2, 0.25) is 5.91 Å². The van der Waals surface area contributed by atoms with Crippen molar-refractivity contribution in [3.63, 3.8) is 0 Å². The Kier molecular flexibility index (Phi) is 5.17. The Morgan fingerprint density at radius 3 is 2.71 bits per heavy atom. The van der Waals surface area contributed by atoms with E-state index in [0.717, 1.165) is 16.3 Å². The van der Waals surface area contributed by atoms with Crippen LogP contribution in [0.5, 0.6) is 5.75 Å². The Hall–Kier alpha value is -2.07. The molecule has 1 amide bonds. The van der Waals surface area contributed by atoms with E-state index >= 15 is 0 Å². The summed E-state index contributed by atoms with van der Waals surface area (Å²) in [5.41, 5.74) is 0.824. The van der Waals surface area contributed by atoms with Crippen molar-refractivity contribution in [1.29, 1.82) is 0 Å². The van der Waals surface area contributed by atoms with E-state index in [2.05, 4.69) is 24.5 Å². The fourth-order valence-electron chi connectivity index (χ4n) is 2.19. The van der Waals surface area contributed by atoms with Gasteiger partial charge >= 0.3 is 0 Å². The third-order valence-corrected chi connectivity index (χ3v) is 3.31. The molecule has 2 rings (SSSR count). The minimum atomic E-state index is -0.0246. The van der Waals surface area contributed by atoms with E-state index in [9.17, 15) is 9.90 Å². The van der Waals surface area contributed by atoms with Crippen molar-refractivity contribution in [3.05, 3.63) is 42.0 Å². The normalized spacial score (nSPS) is 11.0. The molecule has 0 saturated heterocycles. The van der Waals surface area contributed by atoms with Crippen molar-refractivity contribution in [1.82, 2.24) is 10.6 Å². The van der Waals surface area contributed by atoms with Gasteiger partial charge in [0.05, 0.1) is 6.54 Å². The number of phenols is 1. The molecule has 0 spiro atoms. The molecule has 0 radical (unpaired) electrons. The summed E-state index contributed by atoms with van der Waals surface area (Å²) in [4.78, 5) is 11.7. The highest BCUT2D eigenvalue weighted by Crippen LogP contribution is 2.26. The molecule has 0 aromatic heterocycles. The number of amides is 1. The van der Waals surface area contributed by atoms with E-state index < -0.39 is 0 Å². The number of fused-ring (bicyclic) bond motifs is 1. The number of carbonyl (C=O) groups is 1. The number of rotatable bonds is 6. The van der Waals surface area contributed by atoms with Crippen molar-refractivity contribution in [2.75, 3.05) is 13.1 Å². The highest BCUT2D eigenvalue weighted by atomic mass is 16.3. The zero-order chi connectivity index (χ0) is 15.2. The number of hydrogen-bond acceptors (Lipinski definition) is 3. The molecular formula is C17H22N2O2. The Bertz CT molecular complexity index is 623. The molecule has 4 nitrogen and oxygen atoms in total. The second-order valence-corrected chi connectivity index (χ2v) is 5.59. The first-order valence-corrected chi connectivity index (χ1v) is 7.25. The van der Waals surface area contributed by atoms with E-state index in [1.807, 2.05) is 30.3 Å². The smallest absolute Gasteiger partial charge is 0.233 e. The van der Waals surface area contributed by atoms with Gasteiger partial charge in [-0.2, -0.15) is 0 Å². The molecule has 0 bridgehead atoms. The van der Waals surface area contributed by atoms with Crippen LogP contribution < -0.4 is 10.6 Å². The van der Waals surface area contributed by atoms with E-state index in [1.54, 1.807) is 6.07 Å². The van der Waals surface area contributed by atoms with Gasteiger partial charge in [0, 0.05) is 18.7 Å². The van der Waals surface area contributed by atoms with Gasteiger partial charge < -0.3 is 15.7 Å². The lowest BCUT2D eigenvalue weighted by Gasteiger charge is -2.11. The van der Waals surface area contributed by atoms with Gasteiger partial charge in [0.15, 0.2) is 0 Å². The highest BCUT2D eigenvalue weighted by Gasteiger charge is 2.07. The summed E-state index contributed by atoms with van der Waals surface area (Å²) in [6.45, 7) is 5.50. The third kappa shape index (κ3) is 4.20. The van der Waals surface area contributed by atoms with Gasteiger partial charge in [-0.05, 0) is 22.8 Å². The number of carbonyl (C=O) groups excluding carboxylic acids is 1. The molecule has 0 saturated carbocycles. The van der Waals surface area contributed by atoms with Crippen LogP contribution in [0.25, 0.3) is 10.8 Å². The molecule has 4 heteroatoms. The van der Waals surface area contributed by atoms with E-state index in [0.29, 0.717) is 19.0 Å². The van der Waals surface area contributed by atoms with Crippen LogP contribution in [0.2, 0.25) is 0 Å². The van der Waals surface area contributed by atoms with E-state index in [1.165, 1.54) is 0 Å². The third-order valence-electron chi connectivity index (χ3n) is 3.31. The highest BCUT2D eigenvalue weighted by molar-refractivity contribution is 5.87. The lowest BCUT2D eigenvalue weighted by atomic mass is 10.0. The molecule has 2 aromatic rings. The first-order valence-electron chi connectivity index (χ1n) is 7.25. The molecule has 0 unspecified atom stereocenters. The zero-order valence-electron chi connectivity index (χ0n) is 12.5. The topological polar surface area (TPSA) is 61.4 Å². The van der Waals surface area contributed by atoms with Crippen molar-refractivity contribution in [2.45, 2.75) is 20.4 Å². The standard InChI is InChI=1S/C17H22N2O2/c1-12(2)9-19-17(21)11-18-10-15-14-6-4-3-5-13(14)7-8-16(15)20/h3-8,12,18,20H,9-11H2,1-2H3,(H,19,21). The van der Waals surface area contributed by atoms with Crippen LogP contribution in [0.3, 0.4) is 0 Å². The molecular weight excluding hydrogens is 264 g/mol. The van der Waals surface area contributed by atoms with Crippen molar-refractivity contribution in [2.24, 2.45) is 5.92 Å². The van der Waals surface area contributed by atoms with Crippen LogP contribution >= 0.6 is 0 Å². The summed E-state index contributed by atoms with van der Waals surface area (Å²) < 4.78 is 0. The first kappa shape index (κ1) is 15.3. The maximum absolute atomic E-state index is 11.7. The molecule has 0 atom stereocenters. The Morgan fingerprint density at radius 2 is 1.95 bits per heavy atom. The fraction of sp³-hybridized carbons (Fsp3) is 0.353. The van der Waals surface area contributed by atoms with Crippen LogP contribution in [0, 0.1) is 5.92 Å². The Balaban J connectivity index is 1.97. The summed E-state index contributed by atoms with van der Waals surface area (Å²) in [5.74, 6) is 0.670. The van der Waals surface area contributed by atoms with E-state index in [4.69, 9.17) is 0 Å². The number of aromatic hydroxyl groups is 1. The quantitative estimate of drug-likeness (QED) is 0.764. The van der Waals surface area contributed by atoms with Crippen molar-refractivity contribution >= 4 is 16.7 Å². The zero-order valence-corrected chi connectivity index (χ0v) is 12.5. The number of hydrogen-bond donors (Lipinski definition) is 3. The molecule has 3 N–H and O–H groups in total. The van der Waals surface area contributed by atoms with Crippen LogP contribution in [0.15, 0.2) is 36.4 Å². The van der Waals surface area contributed by atoms with Crippen LogP contribution in [-0.4, -0.2) is 24.1 Å². The van der Waals surface area contributed by atoms with Crippen molar-refractivity contribution in [3.8, 4) is 5.75 Å². The molecule has 0 fully saturated rings. The maximum atomic E-state index is 11.7. The van der Waals surface area contributed by atoms with Gasteiger partial charge in [-0.25, -0.2) is 0 Å². The molecule has 0 aliphatic carbocycles. The van der Waals surface area contributed by atoms with Crippen LogP contribution in [-0.2, 0) is 11.3 Å². The number of benzene rings is 2. The molecule has 112 valence electrons. The predicted octanol–water partition coefficient (Wildman–Crippen LogP) is 2.41. The summed E-state index contributed by atoms with van der Waals surface area (Å²) in [6.07, 6.45) is 0. The molecule has 0 heterocycles. The van der Waals surface area contributed by atoms with Gasteiger partial charge in [-0.1, -0.05) is 44.2 Å². The lowest BCUT2D eigenvalue weighted by Crippen LogP contribution is -2.35. The minimum absolute atomic E-state index is 0.0246. The van der Waals surface area contributed by atoms with Crippen LogP contribution in [0.4, 0.5) is 0 Å². The second-order valence-electron chi connectivity index (χ2n) is 5.59. The number of nitrogens with one attached hydrogen (secondary N) is 2. The summed E-state index contributed by atoms with van der Waals surface area (Å²) >= 11 is 0. The van der Waals surface area contributed by atoms with Gasteiger partial charge in [0.25, 0.3) is 0 Å². The van der Waals surface area contributed by atoms with Gasteiger partial charge in [-0.15, -0.1) is 0 Å². The lowest BCUT2D eigenvalue weighted by molar-refractivity contribution is -0.120. The molecule has 0 aliphatic heterocycles. The van der Waals surface area contributed by atoms with Crippen LogP contribution in [0.1, 0.15) is 19.4 Å². The van der Waals surface area contributed by atoms with Gasteiger partial charge in [-0.3, -0.25) is 4.79 Å². The van der Waals surface area contributed by atoms with Gasteiger partial charge in [0.1, 0.15) is 5.75 Å². The monoisotopic (exact) mass is 286 g/mol. The second kappa shape index (κ2) is 7.09. The minimum Gasteiger partial charge on any atom is -0.508 e. The maximum Gasteiger partial charge on any atom is 0.233 e. The average molecular weight is 286 g/mol. The largest absolute Gasteiger partial charge is 0.508 e. The molecule has 21 heavy (non-hydrogen) atoms. The van der Waals surface area contributed by atoms with E-state index in [-0.39, 0.29) is 18.2 Å². The average Bonchev–Trinajstić information content (AvgIpc) is 2.47. The fourth-order valence-corrected chi connectivity index (χ4v) is 2.19. The Labute approximate surface area is 125 Å². The Morgan fingerprint density at radius 1 is 1.19 bits per heavy atom.